The van der Waals surface area contributed by atoms with E-state index in [1.165, 1.54) is 14.2 Å². The molecule has 0 atom stereocenters. The summed E-state index contributed by atoms with van der Waals surface area (Å²) in [5.74, 6) is 0.947. The SMILES string of the molecule is CCCCN(C)CCC(=O)Nc1cc(OC)c(Cl)cc1OC. The number of ether oxygens (including phenoxy) is 2. The first kappa shape index (κ1) is 18.6. The number of nitrogens with one attached hydrogen (secondary N) is 1. The van der Waals surface area contributed by atoms with Crippen LogP contribution in [0.25, 0.3) is 0 Å². The molecule has 1 N–H and O–H groups in total. The average Bonchev–Trinajstić information content (AvgIpc) is 2.52. The third-order valence-electron chi connectivity index (χ3n) is 3.36. The van der Waals surface area contributed by atoms with Crippen molar-refractivity contribution in [1.82, 2.24) is 4.90 Å². The van der Waals surface area contributed by atoms with Crippen molar-refractivity contribution in [3.63, 3.8) is 0 Å². The van der Waals surface area contributed by atoms with E-state index in [0.717, 1.165) is 25.9 Å². The number of unbranched alkanes of at least 4 members (excludes halogenated alkanes) is 1. The van der Waals surface area contributed by atoms with E-state index >= 15 is 0 Å². The van der Waals surface area contributed by atoms with Crippen molar-refractivity contribution in [3.8, 4) is 11.5 Å². The smallest absolute Gasteiger partial charge is 0.225 e. The molecular weight excluding hydrogens is 304 g/mol. The van der Waals surface area contributed by atoms with Crippen molar-refractivity contribution in [2.75, 3.05) is 39.7 Å². The van der Waals surface area contributed by atoms with Gasteiger partial charge < -0.3 is 19.7 Å². The van der Waals surface area contributed by atoms with Crippen molar-refractivity contribution in [1.29, 1.82) is 0 Å². The molecule has 1 aromatic rings. The van der Waals surface area contributed by atoms with E-state index in [2.05, 4.69) is 17.1 Å². The minimum absolute atomic E-state index is 0.0639. The van der Waals surface area contributed by atoms with E-state index in [1.807, 2.05) is 7.05 Å². The summed E-state index contributed by atoms with van der Waals surface area (Å²) in [6, 6.07) is 3.29. The van der Waals surface area contributed by atoms with Crippen LogP contribution in [-0.2, 0) is 4.79 Å². The molecule has 0 spiro atoms. The Hall–Kier alpha value is -1.46. The Morgan fingerprint density at radius 1 is 1.23 bits per heavy atom. The quantitative estimate of drug-likeness (QED) is 0.754. The topological polar surface area (TPSA) is 50.8 Å². The van der Waals surface area contributed by atoms with Gasteiger partial charge in [0.25, 0.3) is 0 Å². The molecule has 5 nitrogen and oxygen atoms in total. The van der Waals surface area contributed by atoms with E-state index in [1.54, 1.807) is 12.1 Å². The van der Waals surface area contributed by atoms with E-state index in [9.17, 15) is 4.79 Å². The third-order valence-corrected chi connectivity index (χ3v) is 3.66. The molecule has 0 aromatic heterocycles. The Bertz CT molecular complexity index is 495. The monoisotopic (exact) mass is 328 g/mol. The van der Waals surface area contributed by atoms with E-state index < -0.39 is 0 Å². The number of hydrogen-bond acceptors (Lipinski definition) is 4. The average molecular weight is 329 g/mol. The molecule has 124 valence electrons. The lowest BCUT2D eigenvalue weighted by molar-refractivity contribution is -0.116. The highest BCUT2D eigenvalue weighted by atomic mass is 35.5. The first-order valence-corrected chi connectivity index (χ1v) is 7.79. The molecule has 0 bridgehead atoms. The number of amides is 1. The van der Waals surface area contributed by atoms with Gasteiger partial charge in [0.2, 0.25) is 5.91 Å². The van der Waals surface area contributed by atoms with E-state index in [4.69, 9.17) is 21.1 Å². The van der Waals surface area contributed by atoms with Crippen LogP contribution in [0, 0.1) is 0 Å². The predicted molar refractivity (Wildman–Crippen MR) is 90.2 cm³/mol. The normalized spacial score (nSPS) is 10.6. The zero-order valence-electron chi connectivity index (χ0n) is 13.7. The number of anilines is 1. The van der Waals surface area contributed by atoms with Crippen LogP contribution in [0.4, 0.5) is 5.69 Å². The molecule has 0 saturated carbocycles. The van der Waals surface area contributed by atoms with Gasteiger partial charge in [0.15, 0.2) is 0 Å². The number of benzene rings is 1. The Morgan fingerprint density at radius 3 is 2.50 bits per heavy atom. The van der Waals surface area contributed by atoms with Crippen molar-refractivity contribution >= 4 is 23.2 Å². The van der Waals surface area contributed by atoms with Crippen LogP contribution < -0.4 is 14.8 Å². The number of carbonyl (C=O) groups excluding carboxylic acids is 1. The van der Waals surface area contributed by atoms with Crippen molar-refractivity contribution < 1.29 is 14.3 Å². The fraction of sp³-hybridized carbons (Fsp3) is 0.562. The van der Waals surface area contributed by atoms with Gasteiger partial charge in [0, 0.05) is 25.1 Å². The van der Waals surface area contributed by atoms with Gasteiger partial charge in [-0.05, 0) is 20.0 Å². The van der Waals surface area contributed by atoms with Crippen molar-refractivity contribution in [3.05, 3.63) is 17.2 Å². The molecule has 0 heterocycles. The maximum Gasteiger partial charge on any atom is 0.225 e. The first-order chi connectivity index (χ1) is 10.5. The minimum Gasteiger partial charge on any atom is -0.495 e. The van der Waals surface area contributed by atoms with Gasteiger partial charge in [-0.3, -0.25) is 4.79 Å². The summed E-state index contributed by atoms with van der Waals surface area (Å²) in [7, 11) is 5.09. The molecule has 22 heavy (non-hydrogen) atoms. The summed E-state index contributed by atoms with van der Waals surface area (Å²) >= 11 is 6.04. The number of hydrogen-bond donors (Lipinski definition) is 1. The Balaban J connectivity index is 2.63. The number of carbonyl (C=O) groups is 1. The summed E-state index contributed by atoms with van der Waals surface area (Å²) < 4.78 is 10.4. The van der Waals surface area contributed by atoms with Gasteiger partial charge >= 0.3 is 0 Å². The van der Waals surface area contributed by atoms with Crippen LogP contribution in [0.15, 0.2) is 12.1 Å². The number of methoxy groups -OCH3 is 2. The number of halogens is 1. The Kier molecular flexibility index (Phi) is 8.06. The third kappa shape index (κ3) is 5.73. The minimum atomic E-state index is -0.0639. The zero-order valence-corrected chi connectivity index (χ0v) is 14.5. The zero-order chi connectivity index (χ0) is 16.5. The maximum atomic E-state index is 12.1. The Morgan fingerprint density at radius 2 is 1.91 bits per heavy atom. The van der Waals surface area contributed by atoms with Crippen LogP contribution in [0.1, 0.15) is 26.2 Å². The van der Waals surface area contributed by atoms with Gasteiger partial charge in [0.1, 0.15) is 11.5 Å². The summed E-state index contributed by atoms with van der Waals surface area (Å²) in [6.45, 7) is 3.88. The standard InChI is InChI=1S/C16H25ClN2O3/c1-5-6-8-19(2)9-7-16(20)18-13-11-14(21-3)12(17)10-15(13)22-4/h10-11H,5-9H2,1-4H3,(H,18,20). The van der Waals surface area contributed by atoms with Crippen LogP contribution in [0.3, 0.4) is 0 Å². The van der Waals surface area contributed by atoms with Crippen LogP contribution in [0.5, 0.6) is 11.5 Å². The first-order valence-electron chi connectivity index (χ1n) is 7.41. The second kappa shape index (κ2) is 9.54. The fourth-order valence-corrected chi connectivity index (χ4v) is 2.23. The molecule has 0 fully saturated rings. The molecule has 0 unspecified atom stereocenters. The lowest BCUT2D eigenvalue weighted by atomic mass is 10.2. The summed E-state index contributed by atoms with van der Waals surface area (Å²) in [4.78, 5) is 14.2. The van der Waals surface area contributed by atoms with Gasteiger partial charge in [-0.1, -0.05) is 24.9 Å². The summed E-state index contributed by atoms with van der Waals surface area (Å²) in [5.41, 5.74) is 0.560. The molecule has 0 radical (unpaired) electrons. The molecular formula is C16H25ClN2O3. The predicted octanol–water partition coefficient (Wildman–Crippen LogP) is 3.42. The van der Waals surface area contributed by atoms with Gasteiger partial charge in [-0.25, -0.2) is 0 Å². The van der Waals surface area contributed by atoms with Gasteiger partial charge in [-0.15, -0.1) is 0 Å². The Labute approximate surface area is 137 Å². The molecule has 0 aliphatic rings. The molecule has 1 rings (SSSR count). The highest BCUT2D eigenvalue weighted by Crippen LogP contribution is 2.35. The lowest BCUT2D eigenvalue weighted by Crippen LogP contribution is -2.25. The number of rotatable bonds is 9. The molecule has 1 aromatic carbocycles. The molecule has 0 aliphatic carbocycles. The van der Waals surface area contributed by atoms with E-state index in [0.29, 0.717) is 28.6 Å². The van der Waals surface area contributed by atoms with Crippen molar-refractivity contribution in [2.24, 2.45) is 0 Å². The highest BCUT2D eigenvalue weighted by Gasteiger charge is 2.13. The summed E-state index contributed by atoms with van der Waals surface area (Å²) in [6.07, 6.45) is 2.72. The van der Waals surface area contributed by atoms with Crippen molar-refractivity contribution in [2.45, 2.75) is 26.2 Å². The van der Waals surface area contributed by atoms with E-state index in [-0.39, 0.29) is 5.91 Å². The van der Waals surface area contributed by atoms with Gasteiger partial charge in [-0.2, -0.15) is 0 Å². The molecule has 1 amide bonds. The number of nitrogens with zero attached hydrogens (tertiary/aromatic N) is 1. The molecule has 0 aliphatic heterocycles. The molecule has 6 heteroatoms. The van der Waals surface area contributed by atoms with Gasteiger partial charge in [0.05, 0.1) is 24.9 Å². The second-order valence-corrected chi connectivity index (χ2v) is 5.55. The lowest BCUT2D eigenvalue weighted by Gasteiger charge is -2.16. The van der Waals surface area contributed by atoms with Crippen LogP contribution >= 0.6 is 11.6 Å². The van der Waals surface area contributed by atoms with Crippen LogP contribution in [-0.4, -0.2) is 45.2 Å². The largest absolute Gasteiger partial charge is 0.495 e. The van der Waals surface area contributed by atoms with Crippen LogP contribution in [0.2, 0.25) is 5.02 Å². The maximum absolute atomic E-state index is 12.1. The summed E-state index contributed by atoms with van der Waals surface area (Å²) in [5, 5.41) is 3.29. The fourth-order valence-electron chi connectivity index (χ4n) is 2.00. The second-order valence-electron chi connectivity index (χ2n) is 5.14. The molecule has 0 saturated heterocycles. The highest BCUT2D eigenvalue weighted by molar-refractivity contribution is 6.32.